The topological polar surface area (TPSA) is 59.6 Å². The van der Waals surface area contributed by atoms with Gasteiger partial charge < -0.3 is 4.98 Å². The quantitative estimate of drug-likeness (QED) is 0.532. The van der Waals surface area contributed by atoms with Gasteiger partial charge in [0, 0.05) is 61.4 Å². The van der Waals surface area contributed by atoms with Crippen molar-refractivity contribution in [2.75, 3.05) is 30.5 Å². The average Bonchev–Trinajstić information content (AvgIpc) is 3.21. The molecule has 0 radical (unpaired) electrons. The van der Waals surface area contributed by atoms with Gasteiger partial charge in [-0.15, -0.1) is 0 Å². The zero-order valence-corrected chi connectivity index (χ0v) is 20.8. The predicted octanol–water partition coefficient (Wildman–Crippen LogP) is 5.02. The van der Waals surface area contributed by atoms with Crippen molar-refractivity contribution in [3.05, 3.63) is 70.6 Å². The molecule has 5 rings (SSSR count). The summed E-state index contributed by atoms with van der Waals surface area (Å²) in [5.41, 5.74) is 4.63. The Morgan fingerprint density at radius 2 is 2.00 bits per heavy atom. The molecule has 2 aliphatic rings. The van der Waals surface area contributed by atoms with Crippen LogP contribution in [0.25, 0.3) is 16.5 Å². The summed E-state index contributed by atoms with van der Waals surface area (Å²) in [5.74, 6) is -0.255. The summed E-state index contributed by atoms with van der Waals surface area (Å²) in [6, 6.07) is 10.2. The van der Waals surface area contributed by atoms with Gasteiger partial charge >= 0.3 is 10.2 Å². The maximum atomic E-state index is 13.5. The lowest BCUT2D eigenvalue weighted by molar-refractivity contribution is 0.305. The van der Waals surface area contributed by atoms with E-state index in [-0.39, 0.29) is 11.9 Å². The van der Waals surface area contributed by atoms with Crippen LogP contribution in [0.4, 0.5) is 10.1 Å². The van der Waals surface area contributed by atoms with E-state index in [0.717, 1.165) is 41.5 Å². The lowest BCUT2D eigenvalue weighted by Gasteiger charge is -2.40. The standard InChI is InChI=1S/C25H28ClFN4O2S/c1-17(2)31-16-19-4-3-5-23(26)25(19)30(34(31,32)33)13-12-29-10-8-18(9-11-29)22-15-28-24-14-20(27)6-7-21(22)24/h3-8,14-15,17,28H,9-13,16H2,1-2H3. The summed E-state index contributed by atoms with van der Waals surface area (Å²) in [7, 11) is -3.67. The molecule has 180 valence electrons. The van der Waals surface area contributed by atoms with Crippen LogP contribution in [0.3, 0.4) is 0 Å². The van der Waals surface area contributed by atoms with Crippen molar-refractivity contribution >= 4 is 44.0 Å². The number of nitrogens with zero attached hydrogens (tertiary/aromatic N) is 3. The molecular weight excluding hydrogens is 475 g/mol. The Morgan fingerprint density at radius 1 is 1.18 bits per heavy atom. The summed E-state index contributed by atoms with van der Waals surface area (Å²) in [6.07, 6.45) is 4.96. The van der Waals surface area contributed by atoms with Crippen LogP contribution in [0.2, 0.25) is 5.02 Å². The largest absolute Gasteiger partial charge is 0.360 e. The number of halogens is 2. The van der Waals surface area contributed by atoms with Gasteiger partial charge in [0.25, 0.3) is 0 Å². The molecule has 0 aliphatic carbocycles. The molecule has 1 N–H and O–H groups in total. The molecule has 0 saturated heterocycles. The average molecular weight is 503 g/mol. The molecule has 2 aromatic carbocycles. The normalized spacial score (nSPS) is 19.0. The summed E-state index contributed by atoms with van der Waals surface area (Å²) in [4.78, 5) is 5.41. The highest BCUT2D eigenvalue weighted by atomic mass is 35.5. The van der Waals surface area contributed by atoms with E-state index in [1.165, 1.54) is 26.3 Å². The number of rotatable bonds is 5. The van der Waals surface area contributed by atoms with Crippen molar-refractivity contribution in [1.29, 1.82) is 0 Å². The van der Waals surface area contributed by atoms with E-state index in [1.807, 2.05) is 38.2 Å². The summed E-state index contributed by atoms with van der Waals surface area (Å²) < 4.78 is 43.4. The highest BCUT2D eigenvalue weighted by Gasteiger charge is 2.39. The molecular formula is C25H28ClFN4O2S. The van der Waals surface area contributed by atoms with Crippen LogP contribution in [0, 0.1) is 5.82 Å². The van der Waals surface area contributed by atoms with Crippen LogP contribution in [-0.2, 0) is 16.8 Å². The van der Waals surface area contributed by atoms with E-state index in [9.17, 15) is 12.8 Å². The third-order valence-electron chi connectivity index (χ3n) is 6.70. The Balaban J connectivity index is 1.34. The van der Waals surface area contributed by atoms with Crippen molar-refractivity contribution in [2.45, 2.75) is 32.9 Å². The number of hydrogen-bond donors (Lipinski definition) is 1. The molecule has 3 heterocycles. The smallest absolute Gasteiger partial charge is 0.304 e. The van der Waals surface area contributed by atoms with E-state index in [2.05, 4.69) is 16.0 Å². The van der Waals surface area contributed by atoms with Gasteiger partial charge in [0.15, 0.2) is 0 Å². The van der Waals surface area contributed by atoms with Gasteiger partial charge in [-0.25, -0.2) is 4.39 Å². The first-order valence-corrected chi connectivity index (χ1v) is 13.3. The monoisotopic (exact) mass is 502 g/mol. The van der Waals surface area contributed by atoms with Gasteiger partial charge in [-0.1, -0.05) is 29.8 Å². The lowest BCUT2D eigenvalue weighted by Crippen LogP contribution is -2.52. The summed E-state index contributed by atoms with van der Waals surface area (Å²) >= 11 is 6.47. The predicted molar refractivity (Wildman–Crippen MR) is 136 cm³/mol. The van der Waals surface area contributed by atoms with Gasteiger partial charge in [0.05, 0.1) is 10.7 Å². The van der Waals surface area contributed by atoms with Gasteiger partial charge in [-0.05, 0) is 55.7 Å². The van der Waals surface area contributed by atoms with E-state index >= 15 is 0 Å². The summed E-state index contributed by atoms with van der Waals surface area (Å²) in [6.45, 7) is 6.58. The van der Waals surface area contributed by atoms with Crippen LogP contribution >= 0.6 is 11.6 Å². The minimum Gasteiger partial charge on any atom is -0.360 e. The van der Waals surface area contributed by atoms with Crippen LogP contribution in [-0.4, -0.2) is 54.8 Å². The molecule has 0 saturated carbocycles. The van der Waals surface area contributed by atoms with Crippen LogP contribution in [0.5, 0.6) is 0 Å². The van der Waals surface area contributed by atoms with E-state index in [1.54, 1.807) is 6.07 Å². The van der Waals surface area contributed by atoms with Crippen molar-refractivity contribution in [3.63, 3.8) is 0 Å². The molecule has 2 aliphatic heterocycles. The molecule has 6 nitrogen and oxygen atoms in total. The highest BCUT2D eigenvalue weighted by Crippen LogP contribution is 2.38. The Morgan fingerprint density at radius 3 is 2.74 bits per heavy atom. The molecule has 34 heavy (non-hydrogen) atoms. The number of nitrogens with one attached hydrogen (secondary N) is 1. The third-order valence-corrected chi connectivity index (χ3v) is 9.07. The molecule has 1 aromatic heterocycles. The van der Waals surface area contributed by atoms with Gasteiger partial charge in [-0.2, -0.15) is 12.7 Å². The number of hydrogen-bond acceptors (Lipinski definition) is 3. The SMILES string of the molecule is CC(C)N1Cc2cccc(Cl)c2N(CCN2CC=C(c3c[nH]c4cc(F)ccc34)CC2)S1(=O)=O. The molecule has 0 unspecified atom stereocenters. The van der Waals surface area contributed by atoms with Gasteiger partial charge in [-0.3, -0.25) is 9.21 Å². The second kappa shape index (κ2) is 9.00. The van der Waals surface area contributed by atoms with Crippen LogP contribution in [0.1, 0.15) is 31.4 Å². The number of para-hydroxylation sites is 1. The van der Waals surface area contributed by atoms with E-state index in [4.69, 9.17) is 11.6 Å². The van der Waals surface area contributed by atoms with E-state index < -0.39 is 10.2 Å². The lowest BCUT2D eigenvalue weighted by atomic mass is 9.99. The Labute approximate surface area is 204 Å². The van der Waals surface area contributed by atoms with Gasteiger partial charge in [0.1, 0.15) is 5.82 Å². The highest BCUT2D eigenvalue weighted by molar-refractivity contribution is 7.90. The molecule has 0 amide bonds. The minimum atomic E-state index is -3.67. The fraction of sp³-hybridized carbons (Fsp3) is 0.360. The summed E-state index contributed by atoms with van der Waals surface area (Å²) in [5, 5.41) is 1.47. The second-order valence-electron chi connectivity index (χ2n) is 9.14. The third kappa shape index (κ3) is 4.13. The Hall–Kier alpha value is -2.39. The number of aromatic amines is 1. The molecule has 9 heteroatoms. The van der Waals surface area contributed by atoms with Crippen molar-refractivity contribution < 1.29 is 12.8 Å². The first-order chi connectivity index (χ1) is 16.3. The molecule has 0 bridgehead atoms. The number of fused-ring (bicyclic) bond motifs is 2. The zero-order valence-electron chi connectivity index (χ0n) is 19.3. The zero-order chi connectivity index (χ0) is 24.0. The first-order valence-electron chi connectivity index (χ1n) is 11.5. The fourth-order valence-corrected chi connectivity index (χ4v) is 7.08. The molecule has 0 atom stereocenters. The Kier molecular flexibility index (Phi) is 6.18. The maximum Gasteiger partial charge on any atom is 0.304 e. The molecule has 3 aromatic rings. The number of aromatic nitrogens is 1. The minimum absolute atomic E-state index is 0.148. The van der Waals surface area contributed by atoms with Crippen molar-refractivity contribution in [2.24, 2.45) is 0 Å². The number of benzene rings is 2. The number of H-pyrrole nitrogens is 1. The van der Waals surface area contributed by atoms with Crippen LogP contribution in [0.15, 0.2) is 48.7 Å². The second-order valence-corrected chi connectivity index (χ2v) is 11.4. The maximum absolute atomic E-state index is 13.5. The Bertz CT molecular complexity index is 1370. The first kappa shape index (κ1) is 23.4. The van der Waals surface area contributed by atoms with E-state index in [0.29, 0.717) is 30.3 Å². The van der Waals surface area contributed by atoms with Crippen LogP contribution < -0.4 is 4.31 Å². The number of anilines is 1. The van der Waals surface area contributed by atoms with Gasteiger partial charge in [0.2, 0.25) is 0 Å². The molecule has 0 fully saturated rings. The van der Waals surface area contributed by atoms with Crippen molar-refractivity contribution in [1.82, 2.24) is 14.2 Å². The van der Waals surface area contributed by atoms with Crippen molar-refractivity contribution in [3.8, 4) is 0 Å². The molecule has 0 spiro atoms. The fourth-order valence-electron chi connectivity index (χ4n) is 4.89.